The molecule has 1 aliphatic rings. The standard InChI is InChI=1S/C17H17N3OS/c1-21-14-6-2-12(3-7-14)10-20(13-4-5-13)16-15-8-9-22-17(15)19-11-18-16/h2-3,6-9,11,13H,4-5,10H2,1H3. The Morgan fingerprint density at radius 3 is 2.73 bits per heavy atom. The Morgan fingerprint density at radius 1 is 1.18 bits per heavy atom. The second kappa shape index (κ2) is 5.57. The molecule has 0 unspecified atom stereocenters. The van der Waals surface area contributed by atoms with Gasteiger partial charge in [0.2, 0.25) is 0 Å². The molecule has 0 spiro atoms. The minimum atomic E-state index is 0.597. The Morgan fingerprint density at radius 2 is 2.00 bits per heavy atom. The largest absolute Gasteiger partial charge is 0.497 e. The van der Waals surface area contributed by atoms with Crippen LogP contribution in [-0.4, -0.2) is 23.1 Å². The molecular weight excluding hydrogens is 294 g/mol. The predicted molar refractivity (Wildman–Crippen MR) is 89.6 cm³/mol. The number of benzene rings is 1. The van der Waals surface area contributed by atoms with Gasteiger partial charge in [-0.25, -0.2) is 9.97 Å². The molecule has 0 amide bonds. The fraction of sp³-hybridized carbons (Fsp3) is 0.294. The summed E-state index contributed by atoms with van der Waals surface area (Å²) in [5.41, 5.74) is 1.27. The molecular formula is C17H17N3OS. The van der Waals surface area contributed by atoms with Gasteiger partial charge in [-0.05, 0) is 42.0 Å². The Kier molecular flexibility index (Phi) is 3.42. The lowest BCUT2D eigenvalue weighted by molar-refractivity contribution is 0.414. The third-order valence-electron chi connectivity index (χ3n) is 4.01. The van der Waals surface area contributed by atoms with Crippen LogP contribution in [0.4, 0.5) is 5.82 Å². The van der Waals surface area contributed by atoms with Crippen LogP contribution < -0.4 is 9.64 Å². The average Bonchev–Trinajstić information content (AvgIpc) is 3.29. The predicted octanol–water partition coefficient (Wildman–Crippen LogP) is 3.87. The van der Waals surface area contributed by atoms with E-state index < -0.39 is 0 Å². The summed E-state index contributed by atoms with van der Waals surface area (Å²) in [5.74, 6) is 1.95. The van der Waals surface area contributed by atoms with Crippen LogP contribution in [0.3, 0.4) is 0 Å². The quantitative estimate of drug-likeness (QED) is 0.717. The first-order valence-electron chi connectivity index (χ1n) is 7.43. The summed E-state index contributed by atoms with van der Waals surface area (Å²) in [5, 5.41) is 3.24. The lowest BCUT2D eigenvalue weighted by Crippen LogP contribution is -2.26. The van der Waals surface area contributed by atoms with Crippen molar-refractivity contribution < 1.29 is 4.74 Å². The van der Waals surface area contributed by atoms with Gasteiger partial charge in [0, 0.05) is 12.6 Å². The highest BCUT2D eigenvalue weighted by atomic mass is 32.1. The summed E-state index contributed by atoms with van der Waals surface area (Å²) in [6, 6.07) is 11.0. The molecule has 2 heterocycles. The van der Waals surface area contributed by atoms with E-state index >= 15 is 0 Å². The van der Waals surface area contributed by atoms with Crippen LogP contribution in [0.25, 0.3) is 10.2 Å². The van der Waals surface area contributed by atoms with E-state index in [9.17, 15) is 0 Å². The third kappa shape index (κ3) is 2.52. The maximum absolute atomic E-state index is 5.23. The zero-order valence-electron chi connectivity index (χ0n) is 12.4. The molecule has 3 aromatic rings. The van der Waals surface area contributed by atoms with E-state index in [1.807, 2.05) is 12.1 Å². The van der Waals surface area contributed by atoms with Gasteiger partial charge in [0.25, 0.3) is 0 Å². The number of methoxy groups -OCH3 is 1. The maximum atomic E-state index is 5.23. The summed E-state index contributed by atoms with van der Waals surface area (Å²) in [7, 11) is 1.69. The molecule has 0 atom stereocenters. The molecule has 0 aliphatic heterocycles. The number of anilines is 1. The molecule has 2 aromatic heterocycles. The van der Waals surface area contributed by atoms with Crippen molar-refractivity contribution in [2.45, 2.75) is 25.4 Å². The SMILES string of the molecule is COc1ccc(CN(c2ncnc3sccc23)C2CC2)cc1. The second-order valence-electron chi connectivity index (χ2n) is 5.54. The van der Waals surface area contributed by atoms with Crippen LogP contribution in [0.2, 0.25) is 0 Å². The molecule has 1 fully saturated rings. The minimum Gasteiger partial charge on any atom is -0.497 e. The van der Waals surface area contributed by atoms with Crippen LogP contribution in [0.1, 0.15) is 18.4 Å². The smallest absolute Gasteiger partial charge is 0.141 e. The van der Waals surface area contributed by atoms with Crippen molar-refractivity contribution in [2.75, 3.05) is 12.0 Å². The first kappa shape index (κ1) is 13.5. The third-order valence-corrected chi connectivity index (χ3v) is 4.83. The van der Waals surface area contributed by atoms with Gasteiger partial charge in [-0.1, -0.05) is 12.1 Å². The zero-order chi connectivity index (χ0) is 14.9. The molecule has 5 heteroatoms. The first-order valence-corrected chi connectivity index (χ1v) is 8.31. The summed E-state index contributed by atoms with van der Waals surface area (Å²) >= 11 is 1.67. The van der Waals surface area contributed by atoms with Crippen LogP contribution in [-0.2, 0) is 6.54 Å². The second-order valence-corrected chi connectivity index (χ2v) is 6.44. The number of aromatic nitrogens is 2. The average molecular weight is 311 g/mol. The Balaban J connectivity index is 1.67. The van der Waals surface area contributed by atoms with Gasteiger partial charge in [-0.2, -0.15) is 0 Å². The number of nitrogens with zero attached hydrogens (tertiary/aromatic N) is 3. The number of thiophene rings is 1. The lowest BCUT2D eigenvalue weighted by Gasteiger charge is -2.24. The van der Waals surface area contributed by atoms with Gasteiger partial charge in [0.1, 0.15) is 22.7 Å². The molecule has 0 radical (unpaired) electrons. The van der Waals surface area contributed by atoms with Crippen molar-refractivity contribution in [3.8, 4) is 5.75 Å². The van der Waals surface area contributed by atoms with Gasteiger partial charge < -0.3 is 9.64 Å². The van der Waals surface area contributed by atoms with Gasteiger partial charge in [-0.3, -0.25) is 0 Å². The van der Waals surface area contributed by atoms with Crippen LogP contribution >= 0.6 is 11.3 Å². The highest BCUT2D eigenvalue weighted by Crippen LogP contribution is 2.36. The number of rotatable bonds is 5. The monoisotopic (exact) mass is 311 g/mol. The van der Waals surface area contributed by atoms with Gasteiger partial charge in [0.15, 0.2) is 0 Å². The summed E-state index contributed by atoms with van der Waals surface area (Å²) in [6.45, 7) is 0.872. The van der Waals surface area contributed by atoms with Crippen molar-refractivity contribution in [3.63, 3.8) is 0 Å². The van der Waals surface area contributed by atoms with Gasteiger partial charge in [-0.15, -0.1) is 11.3 Å². The molecule has 0 bridgehead atoms. The van der Waals surface area contributed by atoms with E-state index in [4.69, 9.17) is 4.74 Å². The highest BCUT2D eigenvalue weighted by molar-refractivity contribution is 7.16. The van der Waals surface area contributed by atoms with E-state index in [0.717, 1.165) is 28.3 Å². The van der Waals surface area contributed by atoms with E-state index in [0.29, 0.717) is 6.04 Å². The van der Waals surface area contributed by atoms with Crippen LogP contribution in [0.15, 0.2) is 42.0 Å². The lowest BCUT2D eigenvalue weighted by atomic mass is 10.2. The summed E-state index contributed by atoms with van der Waals surface area (Å²) in [4.78, 5) is 12.4. The molecule has 112 valence electrons. The van der Waals surface area contributed by atoms with E-state index in [1.165, 1.54) is 18.4 Å². The first-order chi connectivity index (χ1) is 10.8. The minimum absolute atomic E-state index is 0.597. The number of ether oxygens (including phenoxy) is 1. The van der Waals surface area contributed by atoms with Gasteiger partial charge >= 0.3 is 0 Å². The van der Waals surface area contributed by atoms with Gasteiger partial charge in [0.05, 0.1) is 12.5 Å². The normalized spacial score (nSPS) is 14.2. The number of hydrogen-bond donors (Lipinski definition) is 0. The fourth-order valence-corrected chi connectivity index (χ4v) is 3.42. The van der Waals surface area contributed by atoms with Crippen LogP contribution in [0.5, 0.6) is 5.75 Å². The Labute approximate surface area is 133 Å². The molecule has 22 heavy (non-hydrogen) atoms. The molecule has 0 saturated heterocycles. The number of hydrogen-bond acceptors (Lipinski definition) is 5. The molecule has 1 aromatic carbocycles. The summed E-state index contributed by atoms with van der Waals surface area (Å²) < 4.78 is 5.23. The summed E-state index contributed by atoms with van der Waals surface area (Å²) in [6.07, 6.45) is 4.16. The molecule has 4 nitrogen and oxygen atoms in total. The van der Waals surface area contributed by atoms with Crippen molar-refractivity contribution in [1.82, 2.24) is 9.97 Å². The zero-order valence-corrected chi connectivity index (χ0v) is 13.2. The van der Waals surface area contributed by atoms with Crippen LogP contribution in [0, 0.1) is 0 Å². The molecule has 1 aliphatic carbocycles. The topological polar surface area (TPSA) is 38.2 Å². The molecule has 1 saturated carbocycles. The Bertz CT molecular complexity index is 780. The maximum Gasteiger partial charge on any atom is 0.141 e. The molecule has 0 N–H and O–H groups in total. The Hall–Kier alpha value is -2.14. The van der Waals surface area contributed by atoms with Crippen molar-refractivity contribution >= 4 is 27.4 Å². The van der Waals surface area contributed by atoms with E-state index in [2.05, 4.69) is 38.4 Å². The van der Waals surface area contributed by atoms with Crippen molar-refractivity contribution in [3.05, 3.63) is 47.6 Å². The number of fused-ring (bicyclic) bond motifs is 1. The van der Waals surface area contributed by atoms with Crippen molar-refractivity contribution in [1.29, 1.82) is 0 Å². The highest BCUT2D eigenvalue weighted by Gasteiger charge is 2.31. The van der Waals surface area contributed by atoms with Crippen molar-refractivity contribution in [2.24, 2.45) is 0 Å². The van der Waals surface area contributed by atoms with E-state index in [1.54, 1.807) is 24.8 Å². The van der Waals surface area contributed by atoms with E-state index in [-0.39, 0.29) is 0 Å². The molecule has 4 rings (SSSR count). The fourth-order valence-electron chi connectivity index (χ4n) is 2.70.